The number of carbonyl (C=O) groups is 1. The van der Waals surface area contributed by atoms with Crippen molar-refractivity contribution >= 4 is 17.3 Å². The van der Waals surface area contributed by atoms with Crippen LogP contribution in [-0.2, 0) is 11.2 Å². The van der Waals surface area contributed by atoms with Gasteiger partial charge in [0, 0.05) is 24.5 Å². The molecule has 1 amide bonds. The van der Waals surface area contributed by atoms with Crippen LogP contribution in [0.15, 0.2) is 18.2 Å². The molecule has 0 unspecified atom stereocenters. The summed E-state index contributed by atoms with van der Waals surface area (Å²) in [7, 11) is 0. The molecule has 4 nitrogen and oxygen atoms in total. The van der Waals surface area contributed by atoms with Gasteiger partial charge in [0.2, 0.25) is 5.91 Å². The molecule has 1 fully saturated rings. The first-order valence-corrected chi connectivity index (χ1v) is 9.13. The average molecular weight is 315 g/mol. The van der Waals surface area contributed by atoms with Crippen molar-refractivity contribution in [2.45, 2.75) is 51.4 Å². The van der Waals surface area contributed by atoms with E-state index in [-0.39, 0.29) is 5.91 Å². The van der Waals surface area contributed by atoms with E-state index in [1.165, 1.54) is 37.7 Å². The van der Waals surface area contributed by atoms with Gasteiger partial charge in [0.05, 0.1) is 6.54 Å². The lowest BCUT2D eigenvalue weighted by Gasteiger charge is -2.31. The van der Waals surface area contributed by atoms with E-state index in [1.54, 1.807) is 0 Å². The molecule has 23 heavy (non-hydrogen) atoms. The third-order valence-electron chi connectivity index (χ3n) is 5.32. The Hall–Kier alpha value is -1.71. The number of nitrogen functional groups attached to an aromatic ring is 1. The first-order chi connectivity index (χ1) is 11.2. The van der Waals surface area contributed by atoms with Crippen LogP contribution in [-0.4, -0.2) is 25.5 Å². The summed E-state index contributed by atoms with van der Waals surface area (Å²) >= 11 is 0. The van der Waals surface area contributed by atoms with Gasteiger partial charge < -0.3 is 16.0 Å². The number of rotatable bonds is 5. The molecule has 0 bridgehead atoms. The summed E-state index contributed by atoms with van der Waals surface area (Å²) in [6, 6.07) is 6.01. The van der Waals surface area contributed by atoms with Gasteiger partial charge >= 0.3 is 0 Å². The topological polar surface area (TPSA) is 58.4 Å². The molecule has 0 radical (unpaired) electrons. The Morgan fingerprint density at radius 3 is 2.87 bits per heavy atom. The first kappa shape index (κ1) is 16.2. The smallest absolute Gasteiger partial charge is 0.239 e. The number of nitrogens with two attached hydrogens (primary N) is 1. The minimum absolute atomic E-state index is 0.135. The van der Waals surface area contributed by atoms with E-state index in [2.05, 4.69) is 16.3 Å². The van der Waals surface area contributed by atoms with E-state index < -0.39 is 0 Å². The Labute approximate surface area is 139 Å². The molecule has 1 aromatic rings. The van der Waals surface area contributed by atoms with Crippen LogP contribution in [0.5, 0.6) is 0 Å². The van der Waals surface area contributed by atoms with E-state index in [1.807, 2.05) is 12.1 Å². The fraction of sp³-hybridized carbons (Fsp3) is 0.632. The zero-order valence-electron chi connectivity index (χ0n) is 14.0. The van der Waals surface area contributed by atoms with Crippen molar-refractivity contribution in [1.82, 2.24) is 5.32 Å². The van der Waals surface area contributed by atoms with Gasteiger partial charge in [-0.05, 0) is 42.9 Å². The molecular formula is C19H29N3O. The number of hydrogen-bond donors (Lipinski definition) is 2. The average Bonchev–Trinajstić information content (AvgIpc) is 2.57. The van der Waals surface area contributed by atoms with Gasteiger partial charge in [0.25, 0.3) is 0 Å². The van der Waals surface area contributed by atoms with Crippen LogP contribution < -0.4 is 16.0 Å². The van der Waals surface area contributed by atoms with E-state index in [9.17, 15) is 4.79 Å². The zero-order valence-corrected chi connectivity index (χ0v) is 14.0. The number of hydrogen-bond acceptors (Lipinski definition) is 3. The summed E-state index contributed by atoms with van der Waals surface area (Å²) in [5, 5.41) is 3.11. The minimum Gasteiger partial charge on any atom is -0.398 e. The van der Waals surface area contributed by atoms with E-state index in [4.69, 9.17) is 5.73 Å². The summed E-state index contributed by atoms with van der Waals surface area (Å²) in [6.07, 6.45) is 10.0. The molecule has 3 N–H and O–H groups in total. The molecular weight excluding hydrogens is 286 g/mol. The van der Waals surface area contributed by atoms with Crippen molar-refractivity contribution in [3.8, 4) is 0 Å². The summed E-state index contributed by atoms with van der Waals surface area (Å²) in [6.45, 7) is 2.20. The lowest BCUT2D eigenvalue weighted by molar-refractivity contribution is -0.119. The lowest BCUT2D eigenvalue weighted by Crippen LogP contribution is -2.40. The van der Waals surface area contributed by atoms with Crippen LogP contribution in [0, 0.1) is 5.92 Å². The molecule has 0 atom stereocenters. The number of carbonyl (C=O) groups excluding carboxylic acids is 1. The van der Waals surface area contributed by atoms with Crippen molar-refractivity contribution in [1.29, 1.82) is 0 Å². The molecule has 1 saturated carbocycles. The first-order valence-electron chi connectivity index (χ1n) is 9.13. The van der Waals surface area contributed by atoms with Crippen LogP contribution in [0.4, 0.5) is 11.4 Å². The second-order valence-corrected chi connectivity index (χ2v) is 7.01. The maximum atomic E-state index is 12.3. The highest BCUT2D eigenvalue weighted by molar-refractivity contribution is 5.82. The van der Waals surface area contributed by atoms with Crippen LogP contribution in [0.2, 0.25) is 0 Å². The fourth-order valence-corrected chi connectivity index (χ4v) is 4.01. The molecule has 126 valence electrons. The second kappa shape index (κ2) is 7.71. The second-order valence-electron chi connectivity index (χ2n) is 7.01. The van der Waals surface area contributed by atoms with Crippen molar-refractivity contribution in [3.05, 3.63) is 23.8 Å². The van der Waals surface area contributed by atoms with Crippen molar-refractivity contribution in [2.24, 2.45) is 5.92 Å². The normalized spacial score (nSPS) is 18.5. The van der Waals surface area contributed by atoms with E-state index in [0.717, 1.165) is 49.6 Å². The molecule has 0 aromatic heterocycles. The molecule has 4 heteroatoms. The van der Waals surface area contributed by atoms with Gasteiger partial charge in [-0.25, -0.2) is 0 Å². The molecule has 3 rings (SSSR count). The van der Waals surface area contributed by atoms with Crippen molar-refractivity contribution < 1.29 is 4.79 Å². The summed E-state index contributed by atoms with van der Waals surface area (Å²) in [5.41, 5.74) is 9.26. The maximum Gasteiger partial charge on any atom is 0.239 e. The summed E-state index contributed by atoms with van der Waals surface area (Å²) in [4.78, 5) is 14.4. The Bertz CT molecular complexity index is 537. The number of nitrogens with zero attached hydrogens (tertiary/aromatic N) is 1. The van der Waals surface area contributed by atoms with Gasteiger partial charge in [-0.2, -0.15) is 0 Å². The molecule has 1 aromatic carbocycles. The SMILES string of the molecule is Nc1cccc2c1CCCN2CC(=O)NCCC1CCCCC1. The van der Waals surface area contributed by atoms with Gasteiger partial charge in [0.1, 0.15) is 0 Å². The quantitative estimate of drug-likeness (QED) is 0.821. The monoisotopic (exact) mass is 315 g/mol. The number of anilines is 2. The predicted molar refractivity (Wildman–Crippen MR) is 95.6 cm³/mol. The molecule has 1 aliphatic carbocycles. The third-order valence-corrected chi connectivity index (χ3v) is 5.32. The maximum absolute atomic E-state index is 12.3. The number of nitrogens with one attached hydrogen (secondary N) is 1. The van der Waals surface area contributed by atoms with Gasteiger partial charge in [-0.1, -0.05) is 38.2 Å². The largest absolute Gasteiger partial charge is 0.398 e. The predicted octanol–water partition coefficient (Wildman–Crippen LogP) is 3.11. The standard InChI is InChI=1S/C19H29N3O/c20-17-9-4-10-18-16(17)8-5-13-22(18)14-19(23)21-12-11-15-6-2-1-3-7-15/h4,9-10,15H,1-3,5-8,11-14,20H2,(H,21,23). The third kappa shape index (κ3) is 4.18. The number of benzene rings is 1. The molecule has 1 aliphatic heterocycles. The lowest BCUT2D eigenvalue weighted by atomic mass is 9.87. The molecule has 1 heterocycles. The zero-order chi connectivity index (χ0) is 16.1. The van der Waals surface area contributed by atoms with Crippen LogP contribution in [0.3, 0.4) is 0 Å². The van der Waals surface area contributed by atoms with Crippen LogP contribution >= 0.6 is 0 Å². The van der Waals surface area contributed by atoms with Crippen molar-refractivity contribution in [2.75, 3.05) is 30.3 Å². The number of fused-ring (bicyclic) bond motifs is 1. The minimum atomic E-state index is 0.135. The van der Waals surface area contributed by atoms with Gasteiger partial charge in [-0.15, -0.1) is 0 Å². The fourth-order valence-electron chi connectivity index (χ4n) is 4.01. The number of amides is 1. The molecule has 2 aliphatic rings. The van der Waals surface area contributed by atoms with Gasteiger partial charge in [-0.3, -0.25) is 4.79 Å². The van der Waals surface area contributed by atoms with Gasteiger partial charge in [0.15, 0.2) is 0 Å². The molecule has 0 saturated heterocycles. The van der Waals surface area contributed by atoms with Crippen LogP contribution in [0.1, 0.15) is 50.5 Å². The highest BCUT2D eigenvalue weighted by Gasteiger charge is 2.20. The molecule has 0 spiro atoms. The highest BCUT2D eigenvalue weighted by atomic mass is 16.2. The highest BCUT2D eigenvalue weighted by Crippen LogP contribution is 2.31. The van der Waals surface area contributed by atoms with Crippen molar-refractivity contribution in [3.63, 3.8) is 0 Å². The summed E-state index contributed by atoms with van der Waals surface area (Å²) < 4.78 is 0. The Kier molecular flexibility index (Phi) is 5.42. The van der Waals surface area contributed by atoms with E-state index >= 15 is 0 Å². The Morgan fingerprint density at radius 1 is 1.22 bits per heavy atom. The summed E-state index contributed by atoms with van der Waals surface area (Å²) in [5.74, 6) is 0.954. The Balaban J connectivity index is 1.48. The van der Waals surface area contributed by atoms with Crippen LogP contribution in [0.25, 0.3) is 0 Å². The Morgan fingerprint density at radius 2 is 2.04 bits per heavy atom. The van der Waals surface area contributed by atoms with E-state index in [0.29, 0.717) is 6.54 Å².